The molecule has 0 bridgehead atoms. The number of piperidine rings is 1. The first-order valence-electron chi connectivity index (χ1n) is 8.68. The maximum absolute atomic E-state index is 12.9. The van der Waals surface area contributed by atoms with Crippen LogP contribution < -0.4 is 4.74 Å². The summed E-state index contributed by atoms with van der Waals surface area (Å²) in [4.78, 5) is 18.9. The molecule has 1 aliphatic rings. The number of benzene rings is 1. The number of carbonyl (C=O) groups is 1. The normalized spacial score (nSPS) is 16.6. The van der Waals surface area contributed by atoms with E-state index in [-0.39, 0.29) is 17.9 Å². The minimum atomic E-state index is -0.0398. The van der Waals surface area contributed by atoms with Crippen LogP contribution >= 0.6 is 0 Å². The fraction of sp³-hybridized carbons (Fsp3) is 0.400. The molecule has 2 aromatic rings. The lowest BCUT2D eigenvalue weighted by molar-refractivity contribution is -0.134. The summed E-state index contributed by atoms with van der Waals surface area (Å²) >= 11 is 0. The molecule has 1 fully saturated rings. The molecule has 3 rings (SSSR count). The van der Waals surface area contributed by atoms with Gasteiger partial charge in [0.25, 0.3) is 0 Å². The maximum atomic E-state index is 12.9. The molecule has 0 N–H and O–H groups in total. The fourth-order valence-corrected chi connectivity index (χ4v) is 3.26. The van der Waals surface area contributed by atoms with Crippen LogP contribution in [-0.2, 0) is 4.79 Å². The minimum absolute atomic E-state index is 0.0398. The highest BCUT2D eigenvalue weighted by Gasteiger charge is 2.28. The summed E-state index contributed by atoms with van der Waals surface area (Å²) in [6.07, 6.45) is 6.20. The molecule has 1 atom stereocenters. The number of nitrogens with zero attached hydrogens (tertiary/aromatic N) is 2. The number of hydrogen-bond acceptors (Lipinski definition) is 3. The van der Waals surface area contributed by atoms with Crippen molar-refractivity contribution in [3.63, 3.8) is 0 Å². The standard InChI is InChI=1S/C20H24N2O2/c1-2-19(16-7-4-3-5-8-16)20(23)22-13-10-17(11-14-22)24-18-9-6-12-21-15-18/h3-9,12,15,17,19H,2,10-11,13-14H2,1H3. The van der Waals surface area contributed by atoms with Gasteiger partial charge in [-0.2, -0.15) is 0 Å². The van der Waals surface area contributed by atoms with E-state index in [0.717, 1.165) is 43.7 Å². The molecule has 0 spiro atoms. The number of hydrogen-bond donors (Lipinski definition) is 0. The number of aromatic nitrogens is 1. The molecule has 1 aromatic heterocycles. The average Bonchev–Trinajstić information content (AvgIpc) is 2.65. The molecule has 24 heavy (non-hydrogen) atoms. The number of rotatable bonds is 5. The third-order valence-corrected chi connectivity index (χ3v) is 4.60. The summed E-state index contributed by atoms with van der Waals surface area (Å²) in [5.41, 5.74) is 1.11. The molecule has 0 radical (unpaired) electrons. The second kappa shape index (κ2) is 7.95. The van der Waals surface area contributed by atoms with Crippen LogP contribution in [0, 0.1) is 0 Å². The van der Waals surface area contributed by atoms with Gasteiger partial charge in [-0.1, -0.05) is 37.3 Å². The molecule has 1 aliphatic heterocycles. The molecule has 1 saturated heterocycles. The number of pyridine rings is 1. The molecular formula is C20H24N2O2. The Kier molecular flexibility index (Phi) is 5.47. The van der Waals surface area contributed by atoms with Crippen LogP contribution in [0.25, 0.3) is 0 Å². The van der Waals surface area contributed by atoms with Gasteiger partial charge in [-0.3, -0.25) is 9.78 Å². The van der Waals surface area contributed by atoms with E-state index >= 15 is 0 Å². The van der Waals surface area contributed by atoms with Gasteiger partial charge < -0.3 is 9.64 Å². The maximum Gasteiger partial charge on any atom is 0.230 e. The Morgan fingerprint density at radius 2 is 1.96 bits per heavy atom. The van der Waals surface area contributed by atoms with Gasteiger partial charge in [0.2, 0.25) is 5.91 Å². The smallest absolute Gasteiger partial charge is 0.230 e. The van der Waals surface area contributed by atoms with Crippen molar-refractivity contribution in [1.29, 1.82) is 0 Å². The lowest BCUT2D eigenvalue weighted by atomic mass is 9.94. The number of amides is 1. The fourth-order valence-electron chi connectivity index (χ4n) is 3.26. The highest BCUT2D eigenvalue weighted by atomic mass is 16.5. The van der Waals surface area contributed by atoms with Crippen LogP contribution in [0.15, 0.2) is 54.9 Å². The van der Waals surface area contributed by atoms with E-state index in [4.69, 9.17) is 4.74 Å². The van der Waals surface area contributed by atoms with Gasteiger partial charge >= 0.3 is 0 Å². The van der Waals surface area contributed by atoms with Crippen molar-refractivity contribution >= 4 is 5.91 Å². The van der Waals surface area contributed by atoms with Crippen molar-refractivity contribution in [3.05, 3.63) is 60.4 Å². The summed E-state index contributed by atoms with van der Waals surface area (Å²) in [5.74, 6) is 1.00. The van der Waals surface area contributed by atoms with E-state index in [1.165, 1.54) is 0 Å². The molecule has 1 aromatic carbocycles. The minimum Gasteiger partial charge on any atom is -0.489 e. The van der Waals surface area contributed by atoms with E-state index in [1.807, 2.05) is 47.4 Å². The summed E-state index contributed by atoms with van der Waals surface area (Å²) in [5, 5.41) is 0. The van der Waals surface area contributed by atoms with Crippen molar-refractivity contribution in [2.45, 2.75) is 38.2 Å². The Labute approximate surface area is 143 Å². The van der Waals surface area contributed by atoms with Gasteiger partial charge in [-0.25, -0.2) is 0 Å². The second-order valence-corrected chi connectivity index (χ2v) is 6.20. The molecular weight excluding hydrogens is 300 g/mol. The third kappa shape index (κ3) is 3.94. The number of ether oxygens (including phenoxy) is 1. The highest BCUT2D eigenvalue weighted by molar-refractivity contribution is 5.83. The SMILES string of the molecule is CCC(C(=O)N1CCC(Oc2cccnc2)CC1)c1ccccc1. The first-order chi connectivity index (χ1) is 11.8. The van der Waals surface area contributed by atoms with Crippen LogP contribution in [0.3, 0.4) is 0 Å². The molecule has 2 heterocycles. The highest BCUT2D eigenvalue weighted by Crippen LogP contribution is 2.25. The Morgan fingerprint density at radius 1 is 1.21 bits per heavy atom. The summed E-state index contributed by atoms with van der Waals surface area (Å²) in [7, 11) is 0. The summed E-state index contributed by atoms with van der Waals surface area (Å²) in [6.45, 7) is 3.59. The first-order valence-corrected chi connectivity index (χ1v) is 8.68. The molecule has 126 valence electrons. The van der Waals surface area contributed by atoms with Crippen molar-refractivity contribution < 1.29 is 9.53 Å². The van der Waals surface area contributed by atoms with Crippen LogP contribution in [0.1, 0.15) is 37.7 Å². The Bertz CT molecular complexity index is 637. The second-order valence-electron chi connectivity index (χ2n) is 6.20. The zero-order chi connectivity index (χ0) is 16.8. The lowest BCUT2D eigenvalue weighted by Gasteiger charge is -2.34. The van der Waals surface area contributed by atoms with Crippen LogP contribution in [0.5, 0.6) is 5.75 Å². The van der Waals surface area contributed by atoms with E-state index in [0.29, 0.717) is 0 Å². The van der Waals surface area contributed by atoms with Gasteiger partial charge in [-0.15, -0.1) is 0 Å². The van der Waals surface area contributed by atoms with E-state index in [2.05, 4.69) is 11.9 Å². The Balaban J connectivity index is 1.56. The Morgan fingerprint density at radius 3 is 2.58 bits per heavy atom. The molecule has 0 aliphatic carbocycles. The van der Waals surface area contributed by atoms with E-state index < -0.39 is 0 Å². The van der Waals surface area contributed by atoms with Crippen LogP contribution in [0.4, 0.5) is 0 Å². The van der Waals surface area contributed by atoms with Gasteiger partial charge in [0.1, 0.15) is 11.9 Å². The molecule has 4 nitrogen and oxygen atoms in total. The quantitative estimate of drug-likeness (QED) is 0.843. The average molecular weight is 324 g/mol. The van der Waals surface area contributed by atoms with Crippen molar-refractivity contribution in [2.24, 2.45) is 0 Å². The van der Waals surface area contributed by atoms with Gasteiger partial charge in [0.15, 0.2) is 0 Å². The Hall–Kier alpha value is -2.36. The van der Waals surface area contributed by atoms with Crippen molar-refractivity contribution in [1.82, 2.24) is 9.88 Å². The van der Waals surface area contributed by atoms with Gasteiger partial charge in [-0.05, 0) is 24.1 Å². The first kappa shape index (κ1) is 16.5. The predicted octanol–water partition coefficient (Wildman–Crippen LogP) is 3.65. The molecule has 0 saturated carbocycles. The predicted molar refractivity (Wildman–Crippen MR) is 93.9 cm³/mol. The summed E-state index contributed by atoms with van der Waals surface area (Å²) < 4.78 is 5.95. The molecule has 4 heteroatoms. The number of carbonyl (C=O) groups excluding carboxylic acids is 1. The zero-order valence-corrected chi connectivity index (χ0v) is 14.1. The molecule has 1 unspecified atom stereocenters. The van der Waals surface area contributed by atoms with Crippen molar-refractivity contribution in [3.8, 4) is 5.75 Å². The van der Waals surface area contributed by atoms with Crippen LogP contribution in [-0.4, -0.2) is 35.0 Å². The van der Waals surface area contributed by atoms with Gasteiger partial charge in [0.05, 0.1) is 12.1 Å². The topological polar surface area (TPSA) is 42.4 Å². The zero-order valence-electron chi connectivity index (χ0n) is 14.1. The molecule has 1 amide bonds. The van der Waals surface area contributed by atoms with Crippen LogP contribution in [0.2, 0.25) is 0 Å². The lowest BCUT2D eigenvalue weighted by Crippen LogP contribution is -2.43. The van der Waals surface area contributed by atoms with Crippen molar-refractivity contribution in [2.75, 3.05) is 13.1 Å². The van der Waals surface area contributed by atoms with E-state index in [1.54, 1.807) is 12.4 Å². The van der Waals surface area contributed by atoms with Gasteiger partial charge in [0, 0.05) is 32.1 Å². The largest absolute Gasteiger partial charge is 0.489 e. The number of likely N-dealkylation sites (tertiary alicyclic amines) is 1. The third-order valence-electron chi connectivity index (χ3n) is 4.60. The monoisotopic (exact) mass is 324 g/mol. The van der Waals surface area contributed by atoms with E-state index in [9.17, 15) is 4.79 Å². The summed E-state index contributed by atoms with van der Waals surface area (Å²) in [6, 6.07) is 13.9.